The fourth-order valence-electron chi connectivity index (χ4n) is 3.37. The zero-order valence-electron chi connectivity index (χ0n) is 17.8. The lowest BCUT2D eigenvalue weighted by Crippen LogP contribution is -2.17. The molecule has 0 amide bonds. The molecule has 1 saturated heterocycles. The van der Waals surface area contributed by atoms with Crippen LogP contribution in [0.1, 0.15) is 37.1 Å². The lowest BCUT2D eigenvalue weighted by molar-refractivity contribution is 0.0534. The van der Waals surface area contributed by atoms with E-state index in [4.69, 9.17) is 4.74 Å². The zero-order valence-corrected chi connectivity index (χ0v) is 18.6. The summed E-state index contributed by atoms with van der Waals surface area (Å²) in [5.41, 5.74) is 4.59. The number of hydrogen-bond donors (Lipinski definition) is 1. The summed E-state index contributed by atoms with van der Waals surface area (Å²) in [6.45, 7) is 5.18. The smallest absolute Gasteiger partial charge is 0.214 e. The summed E-state index contributed by atoms with van der Waals surface area (Å²) in [6, 6.07) is 16.8. The minimum atomic E-state index is -0.0774. The number of rotatable bonds is 7. The second-order valence-electron chi connectivity index (χ2n) is 7.96. The average Bonchev–Trinajstić information content (AvgIpc) is 3.42. The molecule has 2 heterocycles. The van der Waals surface area contributed by atoms with E-state index in [-0.39, 0.29) is 12.3 Å². The Morgan fingerprint density at radius 3 is 2.53 bits per heavy atom. The largest absolute Gasteiger partial charge is 0.378 e. The van der Waals surface area contributed by atoms with Gasteiger partial charge in [-0.25, -0.2) is 0 Å². The molecule has 4 rings (SSSR count). The molecular formula is C22H28N6OS. The Kier molecular flexibility index (Phi) is 6.36. The van der Waals surface area contributed by atoms with Gasteiger partial charge in [0.05, 0.1) is 11.8 Å². The molecule has 1 N–H and O–H groups in total. The minimum Gasteiger partial charge on any atom is -0.378 e. The van der Waals surface area contributed by atoms with Crippen LogP contribution in [0.5, 0.6) is 0 Å². The number of nitrogens with zero attached hydrogens (tertiary/aromatic N) is 5. The fraction of sp³-hybridized carbons (Fsp3) is 0.409. The van der Waals surface area contributed by atoms with Crippen molar-refractivity contribution in [2.45, 2.75) is 37.3 Å². The van der Waals surface area contributed by atoms with Crippen molar-refractivity contribution < 1.29 is 4.74 Å². The number of aromatic nitrogens is 4. The van der Waals surface area contributed by atoms with E-state index in [1.165, 1.54) is 11.3 Å². The standard InChI is InChI=1S/C22H28N6OS/c1-15(2)16-5-11-19(12-6-16)28-22(24-25-26-28)30-14-20-13-23-21(29-20)17-7-9-18(10-8-17)27(3)4/h5-12,15,20-21,23H,13-14H2,1-4H3/t20-,21+/m0/s1. The van der Waals surface area contributed by atoms with Crippen LogP contribution in [0.3, 0.4) is 0 Å². The Morgan fingerprint density at radius 2 is 1.87 bits per heavy atom. The van der Waals surface area contributed by atoms with Gasteiger partial charge >= 0.3 is 0 Å². The van der Waals surface area contributed by atoms with Gasteiger partial charge < -0.3 is 9.64 Å². The van der Waals surface area contributed by atoms with Crippen LogP contribution < -0.4 is 10.2 Å². The lowest BCUT2D eigenvalue weighted by Gasteiger charge is -2.16. The number of nitrogens with one attached hydrogen (secondary N) is 1. The topological polar surface area (TPSA) is 68.1 Å². The Balaban J connectivity index is 1.35. The number of thioether (sulfide) groups is 1. The Bertz CT molecular complexity index is 955. The van der Waals surface area contributed by atoms with Crippen LogP contribution in [0.2, 0.25) is 0 Å². The van der Waals surface area contributed by atoms with Crippen LogP contribution in [0, 0.1) is 0 Å². The van der Waals surface area contributed by atoms with Crippen molar-refractivity contribution in [2.24, 2.45) is 0 Å². The average molecular weight is 425 g/mol. The van der Waals surface area contributed by atoms with Crippen molar-refractivity contribution in [3.8, 4) is 5.69 Å². The highest BCUT2D eigenvalue weighted by molar-refractivity contribution is 7.99. The van der Waals surface area contributed by atoms with Crippen molar-refractivity contribution in [1.29, 1.82) is 0 Å². The first-order valence-corrected chi connectivity index (χ1v) is 11.2. The molecule has 0 spiro atoms. The third kappa shape index (κ3) is 4.66. The molecule has 1 aliphatic rings. The molecule has 2 aromatic carbocycles. The maximum Gasteiger partial charge on any atom is 0.214 e. The minimum absolute atomic E-state index is 0.0774. The molecule has 158 valence electrons. The van der Waals surface area contributed by atoms with Gasteiger partial charge in [-0.15, -0.1) is 5.10 Å². The Hall–Kier alpha value is -2.42. The van der Waals surface area contributed by atoms with Crippen molar-refractivity contribution in [3.05, 3.63) is 59.7 Å². The van der Waals surface area contributed by atoms with Gasteiger partial charge in [0, 0.05) is 32.1 Å². The van der Waals surface area contributed by atoms with E-state index in [2.05, 4.69) is 88.1 Å². The van der Waals surface area contributed by atoms with Crippen LogP contribution in [0.4, 0.5) is 5.69 Å². The molecule has 0 radical (unpaired) electrons. The third-order valence-electron chi connectivity index (χ3n) is 5.22. The second-order valence-corrected chi connectivity index (χ2v) is 8.95. The summed E-state index contributed by atoms with van der Waals surface area (Å²) >= 11 is 1.62. The molecule has 7 nitrogen and oxygen atoms in total. The van der Waals surface area contributed by atoms with Crippen molar-refractivity contribution >= 4 is 17.4 Å². The van der Waals surface area contributed by atoms with Gasteiger partial charge in [-0.05, 0) is 51.7 Å². The molecule has 2 atom stereocenters. The van der Waals surface area contributed by atoms with Crippen molar-refractivity contribution in [1.82, 2.24) is 25.5 Å². The quantitative estimate of drug-likeness (QED) is 0.581. The highest BCUT2D eigenvalue weighted by Crippen LogP contribution is 2.27. The van der Waals surface area contributed by atoms with E-state index in [0.717, 1.165) is 28.7 Å². The molecule has 1 aromatic heterocycles. The summed E-state index contributed by atoms with van der Waals surface area (Å²) in [5, 5.41) is 16.5. The molecule has 8 heteroatoms. The van der Waals surface area contributed by atoms with E-state index in [0.29, 0.717) is 5.92 Å². The first kappa shape index (κ1) is 20.8. The van der Waals surface area contributed by atoms with E-state index >= 15 is 0 Å². The summed E-state index contributed by atoms with van der Waals surface area (Å²) in [5.74, 6) is 1.28. The third-order valence-corrected chi connectivity index (χ3v) is 6.27. The van der Waals surface area contributed by atoms with Gasteiger partial charge in [0.25, 0.3) is 0 Å². The van der Waals surface area contributed by atoms with Gasteiger partial charge in [0.2, 0.25) is 5.16 Å². The number of benzene rings is 2. The van der Waals surface area contributed by atoms with Gasteiger partial charge in [0.1, 0.15) is 6.23 Å². The zero-order chi connectivity index (χ0) is 21.1. The molecule has 0 aliphatic carbocycles. The SMILES string of the molecule is CC(C)c1ccc(-n2nnnc2SC[C@@H]2CN[C@@H](c3ccc(N(C)C)cc3)O2)cc1. The highest BCUT2D eigenvalue weighted by atomic mass is 32.2. The maximum atomic E-state index is 6.21. The predicted molar refractivity (Wildman–Crippen MR) is 120 cm³/mol. The van der Waals surface area contributed by atoms with Gasteiger partial charge in [-0.2, -0.15) is 4.68 Å². The summed E-state index contributed by atoms with van der Waals surface area (Å²) in [7, 11) is 4.08. The Morgan fingerprint density at radius 1 is 1.13 bits per heavy atom. The number of anilines is 1. The van der Waals surface area contributed by atoms with Crippen LogP contribution in [-0.4, -0.2) is 52.7 Å². The summed E-state index contributed by atoms with van der Waals surface area (Å²) < 4.78 is 8.00. The molecule has 0 saturated carbocycles. The van der Waals surface area contributed by atoms with Crippen LogP contribution >= 0.6 is 11.8 Å². The molecule has 0 unspecified atom stereocenters. The van der Waals surface area contributed by atoms with E-state index in [1.807, 2.05) is 14.1 Å². The number of hydrogen-bond acceptors (Lipinski definition) is 7. The van der Waals surface area contributed by atoms with E-state index in [1.54, 1.807) is 16.4 Å². The Labute approximate surface area is 181 Å². The van der Waals surface area contributed by atoms with Crippen molar-refractivity contribution in [2.75, 3.05) is 31.3 Å². The van der Waals surface area contributed by atoms with E-state index < -0.39 is 0 Å². The first-order chi connectivity index (χ1) is 14.5. The van der Waals surface area contributed by atoms with Gasteiger partial charge in [-0.1, -0.05) is 49.9 Å². The fourth-order valence-corrected chi connectivity index (χ4v) is 4.26. The van der Waals surface area contributed by atoms with Gasteiger partial charge in [0.15, 0.2) is 0 Å². The normalized spacial score (nSPS) is 18.8. The predicted octanol–water partition coefficient (Wildman–Crippen LogP) is 3.63. The molecule has 3 aromatic rings. The van der Waals surface area contributed by atoms with Gasteiger partial charge in [-0.3, -0.25) is 5.32 Å². The molecule has 1 aliphatic heterocycles. The number of ether oxygens (including phenoxy) is 1. The summed E-state index contributed by atoms with van der Waals surface area (Å²) in [4.78, 5) is 2.09. The molecule has 30 heavy (non-hydrogen) atoms. The first-order valence-electron chi connectivity index (χ1n) is 10.2. The highest BCUT2D eigenvalue weighted by Gasteiger charge is 2.26. The molecule has 0 bridgehead atoms. The summed E-state index contributed by atoms with van der Waals surface area (Å²) in [6.07, 6.45) is 0.0216. The lowest BCUT2D eigenvalue weighted by atomic mass is 10.0. The number of tetrazole rings is 1. The second kappa shape index (κ2) is 9.16. The monoisotopic (exact) mass is 424 g/mol. The van der Waals surface area contributed by atoms with Crippen molar-refractivity contribution in [3.63, 3.8) is 0 Å². The van der Waals surface area contributed by atoms with Crippen LogP contribution in [-0.2, 0) is 4.74 Å². The molecule has 1 fully saturated rings. The maximum absolute atomic E-state index is 6.21. The van der Waals surface area contributed by atoms with Crippen LogP contribution in [0.15, 0.2) is 53.7 Å². The molecular weight excluding hydrogens is 396 g/mol. The van der Waals surface area contributed by atoms with E-state index in [9.17, 15) is 0 Å². The van der Waals surface area contributed by atoms with Crippen LogP contribution in [0.25, 0.3) is 5.69 Å².